The maximum absolute atomic E-state index is 11.8. The predicted octanol–water partition coefficient (Wildman–Crippen LogP) is 1.87. The van der Waals surface area contributed by atoms with Crippen LogP contribution in [0.1, 0.15) is 5.56 Å². The molecule has 0 atom stereocenters. The third kappa shape index (κ3) is 4.41. The summed E-state index contributed by atoms with van der Waals surface area (Å²) < 4.78 is 7.08. The van der Waals surface area contributed by atoms with Crippen molar-refractivity contribution in [3.8, 4) is 11.6 Å². The number of ether oxygens (including phenoxy) is 1. The van der Waals surface area contributed by atoms with Gasteiger partial charge in [0.15, 0.2) is 6.61 Å². The average molecular weight is 353 g/mol. The molecule has 9 heteroatoms. The summed E-state index contributed by atoms with van der Waals surface area (Å²) in [6.45, 7) is 0.137. The first kappa shape index (κ1) is 17.1. The van der Waals surface area contributed by atoms with Crippen LogP contribution in [0.25, 0.3) is 5.82 Å². The van der Waals surface area contributed by atoms with Crippen LogP contribution in [0.15, 0.2) is 61.3 Å². The predicted molar refractivity (Wildman–Crippen MR) is 91.8 cm³/mol. The summed E-state index contributed by atoms with van der Waals surface area (Å²) in [5.41, 5.74) is 0.811. The van der Waals surface area contributed by atoms with Crippen molar-refractivity contribution in [1.82, 2.24) is 19.9 Å². The maximum atomic E-state index is 11.8. The van der Waals surface area contributed by atoms with Gasteiger partial charge >= 0.3 is 0 Å². The second kappa shape index (κ2) is 7.88. The molecule has 1 aromatic carbocycles. The molecule has 0 spiro atoms. The van der Waals surface area contributed by atoms with Gasteiger partial charge in [-0.25, -0.2) is 9.97 Å². The van der Waals surface area contributed by atoms with Crippen molar-refractivity contribution in [3.05, 3.63) is 77.0 Å². The lowest BCUT2D eigenvalue weighted by Gasteiger charge is -2.08. The summed E-state index contributed by atoms with van der Waals surface area (Å²) in [7, 11) is 0. The zero-order valence-electron chi connectivity index (χ0n) is 13.6. The van der Waals surface area contributed by atoms with Crippen LogP contribution in [0.4, 0.5) is 5.69 Å². The Morgan fingerprint density at radius 3 is 2.65 bits per heavy atom. The number of carbonyl (C=O) groups is 1. The monoisotopic (exact) mass is 353 g/mol. The molecule has 3 rings (SSSR count). The van der Waals surface area contributed by atoms with E-state index in [0.29, 0.717) is 12.3 Å². The summed E-state index contributed by atoms with van der Waals surface area (Å²) in [5, 5.41) is 13.3. The molecule has 0 unspecified atom stereocenters. The van der Waals surface area contributed by atoms with Crippen molar-refractivity contribution in [1.29, 1.82) is 0 Å². The van der Waals surface area contributed by atoms with Crippen molar-refractivity contribution >= 4 is 11.6 Å². The van der Waals surface area contributed by atoms with Gasteiger partial charge in [-0.3, -0.25) is 19.5 Å². The van der Waals surface area contributed by atoms with E-state index in [0.717, 1.165) is 11.4 Å². The van der Waals surface area contributed by atoms with Crippen LogP contribution in [-0.4, -0.2) is 32.0 Å². The highest BCUT2D eigenvalue weighted by molar-refractivity contribution is 5.77. The zero-order valence-corrected chi connectivity index (χ0v) is 13.6. The van der Waals surface area contributed by atoms with Gasteiger partial charge in [-0.15, -0.1) is 0 Å². The Morgan fingerprint density at radius 1 is 1.23 bits per heavy atom. The second-order valence-electron chi connectivity index (χ2n) is 5.31. The van der Waals surface area contributed by atoms with E-state index in [1.807, 2.05) is 12.1 Å². The number of benzene rings is 1. The van der Waals surface area contributed by atoms with Crippen LogP contribution in [-0.2, 0) is 11.3 Å². The molecule has 0 saturated carbocycles. The molecule has 2 aromatic heterocycles. The lowest BCUT2D eigenvalue weighted by Crippen LogP contribution is -2.28. The fraction of sp³-hybridized carbons (Fsp3) is 0.118. The Bertz CT molecular complexity index is 877. The van der Waals surface area contributed by atoms with Gasteiger partial charge in [-0.1, -0.05) is 6.07 Å². The molecule has 1 N–H and O–H groups in total. The normalized spacial score (nSPS) is 10.3. The third-order valence-corrected chi connectivity index (χ3v) is 3.49. The Labute approximate surface area is 148 Å². The van der Waals surface area contributed by atoms with Crippen molar-refractivity contribution < 1.29 is 14.5 Å². The molecule has 0 fully saturated rings. The molecule has 0 aliphatic heterocycles. The van der Waals surface area contributed by atoms with E-state index in [1.165, 1.54) is 24.3 Å². The standard InChI is InChI=1S/C17H15N5O4/c23-17(11-26-15-4-2-14(3-5-15)22(24)25)20-10-13-1-6-16(19-9-13)21-8-7-18-12-21/h1-9,12H,10-11H2,(H,20,23). The van der Waals surface area contributed by atoms with Crippen LogP contribution in [0.2, 0.25) is 0 Å². The number of non-ortho nitro benzene ring substituents is 1. The molecular weight excluding hydrogens is 338 g/mol. The number of amides is 1. The Kier molecular flexibility index (Phi) is 5.18. The van der Waals surface area contributed by atoms with Crippen molar-refractivity contribution in [3.63, 3.8) is 0 Å². The number of nitrogens with one attached hydrogen (secondary N) is 1. The number of nitrogens with zero attached hydrogens (tertiary/aromatic N) is 4. The van der Waals surface area contributed by atoms with Gasteiger partial charge in [0.1, 0.15) is 17.9 Å². The lowest BCUT2D eigenvalue weighted by atomic mass is 10.3. The van der Waals surface area contributed by atoms with E-state index >= 15 is 0 Å². The number of aromatic nitrogens is 3. The Morgan fingerprint density at radius 2 is 2.04 bits per heavy atom. The number of imidazole rings is 1. The molecule has 26 heavy (non-hydrogen) atoms. The summed E-state index contributed by atoms with van der Waals surface area (Å²) in [4.78, 5) is 30.2. The maximum Gasteiger partial charge on any atom is 0.269 e. The van der Waals surface area contributed by atoms with Crippen LogP contribution in [0.3, 0.4) is 0 Å². The number of rotatable bonds is 7. The molecule has 0 bridgehead atoms. The molecule has 0 saturated heterocycles. The zero-order chi connectivity index (χ0) is 18.4. The third-order valence-electron chi connectivity index (χ3n) is 3.49. The first-order chi connectivity index (χ1) is 12.6. The highest BCUT2D eigenvalue weighted by Crippen LogP contribution is 2.17. The minimum atomic E-state index is -0.497. The number of nitro groups is 1. The van der Waals surface area contributed by atoms with Gasteiger partial charge in [0.05, 0.1) is 4.92 Å². The average Bonchev–Trinajstić information content (AvgIpc) is 3.20. The minimum Gasteiger partial charge on any atom is -0.484 e. The first-order valence-electron chi connectivity index (χ1n) is 7.69. The van der Waals surface area contributed by atoms with Crippen LogP contribution >= 0.6 is 0 Å². The van der Waals surface area contributed by atoms with Gasteiger partial charge in [-0.2, -0.15) is 0 Å². The highest BCUT2D eigenvalue weighted by atomic mass is 16.6. The van der Waals surface area contributed by atoms with Gasteiger partial charge in [-0.05, 0) is 23.8 Å². The molecule has 0 aliphatic rings. The summed E-state index contributed by atoms with van der Waals surface area (Å²) >= 11 is 0. The number of hydrogen-bond donors (Lipinski definition) is 1. The highest BCUT2D eigenvalue weighted by Gasteiger charge is 2.07. The summed E-state index contributed by atoms with van der Waals surface area (Å²) in [6.07, 6.45) is 6.78. The second-order valence-corrected chi connectivity index (χ2v) is 5.31. The number of nitro benzene ring substituents is 1. The smallest absolute Gasteiger partial charge is 0.269 e. The van der Waals surface area contributed by atoms with Gasteiger partial charge in [0.25, 0.3) is 11.6 Å². The summed E-state index contributed by atoms with van der Waals surface area (Å²) in [6, 6.07) is 9.23. The SMILES string of the molecule is O=C(COc1ccc([N+](=O)[O-])cc1)NCc1ccc(-n2ccnc2)nc1. The van der Waals surface area contributed by atoms with E-state index in [9.17, 15) is 14.9 Å². The molecule has 1 amide bonds. The molecule has 3 aromatic rings. The molecular formula is C17H15N5O4. The number of carbonyl (C=O) groups excluding carboxylic acids is 1. The number of pyridine rings is 1. The van der Waals surface area contributed by atoms with Crippen molar-refractivity contribution in [2.75, 3.05) is 6.61 Å². The quantitative estimate of drug-likeness (QED) is 0.512. The molecule has 9 nitrogen and oxygen atoms in total. The van der Waals surface area contributed by atoms with Gasteiger partial charge in [0, 0.05) is 37.3 Å². The molecule has 0 radical (unpaired) electrons. The van der Waals surface area contributed by atoms with Crippen LogP contribution < -0.4 is 10.1 Å². The number of hydrogen-bond acceptors (Lipinski definition) is 6. The van der Waals surface area contributed by atoms with Crippen molar-refractivity contribution in [2.45, 2.75) is 6.54 Å². The topological polar surface area (TPSA) is 112 Å². The van der Waals surface area contributed by atoms with E-state index in [-0.39, 0.29) is 18.2 Å². The van der Waals surface area contributed by atoms with Crippen LogP contribution in [0.5, 0.6) is 5.75 Å². The fourth-order valence-electron chi connectivity index (χ4n) is 2.13. The fourth-order valence-corrected chi connectivity index (χ4v) is 2.13. The van der Waals surface area contributed by atoms with E-state index in [1.54, 1.807) is 29.5 Å². The van der Waals surface area contributed by atoms with E-state index < -0.39 is 4.92 Å². The molecule has 132 valence electrons. The Hall–Kier alpha value is -3.75. The molecule has 2 heterocycles. The lowest BCUT2D eigenvalue weighted by molar-refractivity contribution is -0.384. The van der Waals surface area contributed by atoms with Gasteiger partial charge < -0.3 is 10.1 Å². The molecule has 0 aliphatic carbocycles. The van der Waals surface area contributed by atoms with Crippen LogP contribution in [0, 0.1) is 10.1 Å². The largest absolute Gasteiger partial charge is 0.484 e. The first-order valence-corrected chi connectivity index (χ1v) is 7.69. The van der Waals surface area contributed by atoms with E-state index in [4.69, 9.17) is 4.74 Å². The minimum absolute atomic E-state index is 0.0339. The summed E-state index contributed by atoms with van der Waals surface area (Å²) in [5.74, 6) is 0.818. The van der Waals surface area contributed by atoms with E-state index in [2.05, 4.69) is 15.3 Å². The van der Waals surface area contributed by atoms with Crippen molar-refractivity contribution in [2.24, 2.45) is 0 Å². The Balaban J connectivity index is 1.45. The van der Waals surface area contributed by atoms with Gasteiger partial charge in [0.2, 0.25) is 0 Å².